The fourth-order valence-electron chi connectivity index (χ4n) is 3.13. The summed E-state index contributed by atoms with van der Waals surface area (Å²) in [5, 5.41) is 0. The third kappa shape index (κ3) is 2.83. The van der Waals surface area contributed by atoms with Gasteiger partial charge in [0.15, 0.2) is 0 Å². The molecule has 1 heterocycles. The van der Waals surface area contributed by atoms with Crippen LogP contribution in [0.5, 0.6) is 0 Å². The molecule has 1 saturated carbocycles. The molecule has 0 aromatic rings. The van der Waals surface area contributed by atoms with Crippen molar-refractivity contribution in [2.75, 3.05) is 18.8 Å². The standard InChI is InChI=1S/C12H24N2O2S/c1-12(2,3)8-17(15,16)14-6-9-4-5-11(13)10(9)7-14/h9-11H,4-8,13H2,1-3H3. The lowest BCUT2D eigenvalue weighted by Crippen LogP contribution is -2.37. The van der Waals surface area contributed by atoms with Gasteiger partial charge in [0.2, 0.25) is 10.0 Å². The van der Waals surface area contributed by atoms with Crippen molar-refractivity contribution in [3.8, 4) is 0 Å². The minimum atomic E-state index is -3.11. The quantitative estimate of drug-likeness (QED) is 0.806. The maximum absolute atomic E-state index is 12.3. The molecule has 1 saturated heterocycles. The van der Waals surface area contributed by atoms with Crippen LogP contribution in [0.2, 0.25) is 0 Å². The van der Waals surface area contributed by atoms with Crippen molar-refractivity contribution in [2.24, 2.45) is 23.0 Å². The van der Waals surface area contributed by atoms with Crippen molar-refractivity contribution in [3.05, 3.63) is 0 Å². The first-order valence-electron chi connectivity index (χ1n) is 6.42. The SMILES string of the molecule is CC(C)(C)CS(=O)(=O)N1CC2CCC(N)C2C1. The predicted octanol–water partition coefficient (Wildman–Crippen LogP) is 1.03. The summed E-state index contributed by atoms with van der Waals surface area (Å²) in [4.78, 5) is 0. The van der Waals surface area contributed by atoms with Gasteiger partial charge in [-0.3, -0.25) is 0 Å². The fraction of sp³-hybridized carbons (Fsp3) is 1.00. The number of hydrogen-bond donors (Lipinski definition) is 1. The van der Waals surface area contributed by atoms with Gasteiger partial charge < -0.3 is 5.73 Å². The maximum atomic E-state index is 12.3. The lowest BCUT2D eigenvalue weighted by Gasteiger charge is -2.24. The molecule has 1 aliphatic heterocycles. The molecule has 5 heteroatoms. The van der Waals surface area contributed by atoms with E-state index < -0.39 is 10.0 Å². The molecule has 2 fully saturated rings. The maximum Gasteiger partial charge on any atom is 0.214 e. The second-order valence-corrected chi connectivity index (χ2v) is 8.77. The number of nitrogens with zero attached hydrogens (tertiary/aromatic N) is 1. The van der Waals surface area contributed by atoms with Crippen molar-refractivity contribution in [1.82, 2.24) is 4.31 Å². The normalized spacial score (nSPS) is 35.2. The highest BCUT2D eigenvalue weighted by Crippen LogP contribution is 2.38. The molecule has 4 nitrogen and oxygen atoms in total. The van der Waals surface area contributed by atoms with Crippen molar-refractivity contribution < 1.29 is 8.42 Å². The van der Waals surface area contributed by atoms with Crippen LogP contribution in [0.25, 0.3) is 0 Å². The molecule has 3 unspecified atom stereocenters. The zero-order valence-corrected chi connectivity index (χ0v) is 11.8. The molecular weight excluding hydrogens is 236 g/mol. The summed E-state index contributed by atoms with van der Waals surface area (Å²) in [5.74, 6) is 1.12. The lowest BCUT2D eigenvalue weighted by molar-refractivity contribution is 0.403. The summed E-state index contributed by atoms with van der Waals surface area (Å²) in [5.41, 5.74) is 5.85. The van der Waals surface area contributed by atoms with E-state index in [9.17, 15) is 8.42 Å². The molecule has 17 heavy (non-hydrogen) atoms. The first kappa shape index (κ1) is 13.3. The summed E-state index contributed by atoms with van der Waals surface area (Å²) in [7, 11) is -3.11. The summed E-state index contributed by atoms with van der Waals surface area (Å²) >= 11 is 0. The first-order valence-corrected chi connectivity index (χ1v) is 8.03. The Bertz CT molecular complexity index is 386. The third-order valence-electron chi connectivity index (χ3n) is 3.89. The Morgan fingerprint density at radius 2 is 1.88 bits per heavy atom. The highest BCUT2D eigenvalue weighted by atomic mass is 32.2. The van der Waals surface area contributed by atoms with E-state index in [1.54, 1.807) is 4.31 Å². The number of nitrogens with two attached hydrogens (primary N) is 1. The largest absolute Gasteiger partial charge is 0.327 e. The molecule has 0 aromatic carbocycles. The molecule has 0 bridgehead atoms. The molecular formula is C12H24N2O2S. The third-order valence-corrected chi connectivity index (χ3v) is 6.20. The molecule has 2 rings (SSSR count). The Balaban J connectivity index is 2.06. The van der Waals surface area contributed by atoms with Gasteiger partial charge in [0, 0.05) is 19.1 Å². The molecule has 2 aliphatic rings. The minimum absolute atomic E-state index is 0.182. The van der Waals surface area contributed by atoms with Gasteiger partial charge in [-0.1, -0.05) is 20.8 Å². The molecule has 0 aromatic heterocycles. The van der Waals surface area contributed by atoms with Crippen LogP contribution in [0.4, 0.5) is 0 Å². The van der Waals surface area contributed by atoms with Crippen LogP contribution in [0.15, 0.2) is 0 Å². The highest BCUT2D eigenvalue weighted by Gasteiger charge is 2.45. The Morgan fingerprint density at radius 1 is 1.24 bits per heavy atom. The van der Waals surface area contributed by atoms with Gasteiger partial charge in [0.25, 0.3) is 0 Å². The molecule has 0 amide bonds. The average Bonchev–Trinajstić information content (AvgIpc) is 2.64. The van der Waals surface area contributed by atoms with Gasteiger partial charge in [-0.15, -0.1) is 0 Å². The van der Waals surface area contributed by atoms with Crippen LogP contribution in [-0.2, 0) is 10.0 Å². The van der Waals surface area contributed by atoms with E-state index in [0.717, 1.165) is 12.8 Å². The number of rotatable bonds is 2. The van der Waals surface area contributed by atoms with E-state index in [1.165, 1.54) is 0 Å². The van der Waals surface area contributed by atoms with E-state index in [0.29, 0.717) is 24.9 Å². The molecule has 0 radical (unpaired) electrons. The van der Waals surface area contributed by atoms with E-state index in [1.807, 2.05) is 20.8 Å². The second-order valence-electron chi connectivity index (χ2n) is 6.80. The highest BCUT2D eigenvalue weighted by molar-refractivity contribution is 7.89. The van der Waals surface area contributed by atoms with Crippen LogP contribution in [0.1, 0.15) is 33.6 Å². The van der Waals surface area contributed by atoms with Gasteiger partial charge in [-0.25, -0.2) is 12.7 Å². The van der Waals surface area contributed by atoms with E-state index in [2.05, 4.69) is 0 Å². The minimum Gasteiger partial charge on any atom is -0.327 e. The topological polar surface area (TPSA) is 63.4 Å². The van der Waals surface area contributed by atoms with Crippen LogP contribution in [0, 0.1) is 17.3 Å². The summed E-state index contributed by atoms with van der Waals surface area (Å²) in [6.07, 6.45) is 2.15. The van der Waals surface area contributed by atoms with Gasteiger partial charge in [0.1, 0.15) is 0 Å². The molecule has 2 N–H and O–H groups in total. The van der Waals surface area contributed by atoms with Crippen LogP contribution in [-0.4, -0.2) is 37.6 Å². The van der Waals surface area contributed by atoms with Gasteiger partial charge in [-0.05, 0) is 30.1 Å². The van der Waals surface area contributed by atoms with Crippen molar-refractivity contribution in [1.29, 1.82) is 0 Å². The molecule has 0 spiro atoms. The second kappa shape index (κ2) is 4.21. The van der Waals surface area contributed by atoms with Crippen LogP contribution in [0.3, 0.4) is 0 Å². The molecule has 100 valence electrons. The summed E-state index contributed by atoms with van der Waals surface area (Å²) in [6.45, 7) is 7.23. The average molecular weight is 260 g/mol. The molecule has 3 atom stereocenters. The van der Waals surface area contributed by atoms with Gasteiger partial charge in [-0.2, -0.15) is 0 Å². The number of hydrogen-bond acceptors (Lipinski definition) is 3. The van der Waals surface area contributed by atoms with Crippen LogP contribution < -0.4 is 5.73 Å². The smallest absolute Gasteiger partial charge is 0.214 e. The Labute approximate surface area is 105 Å². The predicted molar refractivity (Wildman–Crippen MR) is 69.0 cm³/mol. The number of fused-ring (bicyclic) bond motifs is 1. The van der Waals surface area contributed by atoms with Crippen molar-refractivity contribution in [3.63, 3.8) is 0 Å². The monoisotopic (exact) mass is 260 g/mol. The van der Waals surface area contributed by atoms with E-state index in [4.69, 9.17) is 5.73 Å². The van der Waals surface area contributed by atoms with Gasteiger partial charge >= 0.3 is 0 Å². The summed E-state index contributed by atoms with van der Waals surface area (Å²) in [6, 6.07) is 0.204. The van der Waals surface area contributed by atoms with Crippen molar-refractivity contribution in [2.45, 2.75) is 39.7 Å². The Morgan fingerprint density at radius 3 is 2.41 bits per heavy atom. The number of sulfonamides is 1. The van der Waals surface area contributed by atoms with Crippen molar-refractivity contribution >= 4 is 10.0 Å². The Hall–Kier alpha value is -0.130. The van der Waals surface area contributed by atoms with Crippen LogP contribution >= 0.6 is 0 Å². The summed E-state index contributed by atoms with van der Waals surface area (Å²) < 4.78 is 26.2. The first-order chi connectivity index (χ1) is 7.69. The zero-order valence-electron chi connectivity index (χ0n) is 11.0. The zero-order chi connectivity index (χ0) is 12.8. The fourth-order valence-corrected chi connectivity index (χ4v) is 5.23. The van der Waals surface area contributed by atoms with Gasteiger partial charge in [0.05, 0.1) is 5.75 Å². The molecule has 1 aliphatic carbocycles. The lowest BCUT2D eigenvalue weighted by atomic mass is 9.98. The Kier molecular flexibility index (Phi) is 3.30. The van der Waals surface area contributed by atoms with E-state index in [-0.39, 0.29) is 17.2 Å². The van der Waals surface area contributed by atoms with E-state index >= 15 is 0 Å².